The van der Waals surface area contributed by atoms with Crippen LogP contribution in [0.25, 0.3) is 0 Å². The third kappa shape index (κ3) is 6.84. The van der Waals surface area contributed by atoms with Gasteiger partial charge < -0.3 is 15.6 Å². The lowest BCUT2D eigenvalue weighted by molar-refractivity contribution is 0.759. The summed E-state index contributed by atoms with van der Waals surface area (Å²) < 4.78 is 1.68. The van der Waals surface area contributed by atoms with Gasteiger partial charge in [-0.2, -0.15) is 0 Å². The molecule has 2 aromatic heterocycles. The van der Waals surface area contributed by atoms with Crippen LogP contribution in [-0.2, 0) is 19.5 Å². The molecule has 3 rings (SSSR count). The maximum Gasteiger partial charge on any atom is 0.250 e. The van der Waals surface area contributed by atoms with E-state index < -0.39 is 0 Å². The number of hydrogen-bond donors (Lipinski definition) is 2. The molecule has 5 nitrogen and oxygen atoms in total. The summed E-state index contributed by atoms with van der Waals surface area (Å²) in [5, 5.41) is 5.21. The van der Waals surface area contributed by atoms with Gasteiger partial charge in [-0.25, -0.2) is 4.99 Å². The molecule has 1 aromatic carbocycles. The Morgan fingerprint density at radius 2 is 1.85 bits per heavy atom. The Bertz CT molecular complexity index is 904. The highest BCUT2D eigenvalue weighted by atomic mass is 127. The molecule has 27 heavy (non-hydrogen) atoms. The second kappa shape index (κ2) is 10.9. The molecule has 142 valence electrons. The van der Waals surface area contributed by atoms with E-state index in [9.17, 15) is 4.79 Å². The predicted molar refractivity (Wildman–Crippen MR) is 123 cm³/mol. The van der Waals surface area contributed by atoms with E-state index in [1.54, 1.807) is 34.2 Å². The first-order valence-corrected chi connectivity index (χ1v) is 9.38. The Labute approximate surface area is 180 Å². The lowest BCUT2D eigenvalue weighted by Crippen LogP contribution is -2.33. The van der Waals surface area contributed by atoms with Crippen molar-refractivity contribution >= 4 is 41.3 Å². The van der Waals surface area contributed by atoms with Crippen LogP contribution in [0.1, 0.15) is 16.0 Å². The van der Waals surface area contributed by atoms with Gasteiger partial charge in [-0.15, -0.1) is 35.3 Å². The number of nitrogens with zero attached hydrogens (tertiary/aromatic N) is 2. The summed E-state index contributed by atoms with van der Waals surface area (Å²) in [6, 6.07) is 17.4. The minimum atomic E-state index is 0. The van der Waals surface area contributed by atoms with Crippen LogP contribution >= 0.6 is 35.3 Å². The van der Waals surface area contributed by atoms with Crippen LogP contribution < -0.4 is 16.6 Å². The van der Waals surface area contributed by atoms with E-state index in [0.29, 0.717) is 19.0 Å². The molecule has 7 heteroatoms. The molecule has 0 unspecified atom stereocenters. The first-order valence-electron chi connectivity index (χ1n) is 8.50. The van der Waals surface area contributed by atoms with Crippen molar-refractivity contribution < 1.29 is 0 Å². The van der Waals surface area contributed by atoms with Crippen LogP contribution in [0.4, 0.5) is 0 Å². The van der Waals surface area contributed by atoms with Gasteiger partial charge in [-0.3, -0.25) is 4.79 Å². The zero-order valence-corrected chi connectivity index (χ0v) is 18.0. The zero-order valence-electron chi connectivity index (χ0n) is 14.9. The maximum atomic E-state index is 11.8. The summed E-state index contributed by atoms with van der Waals surface area (Å²) in [7, 11) is 0. The van der Waals surface area contributed by atoms with E-state index in [4.69, 9.17) is 5.73 Å². The molecule has 3 aromatic rings. The number of aromatic nitrogens is 1. The van der Waals surface area contributed by atoms with Gasteiger partial charge in [0.1, 0.15) is 0 Å². The van der Waals surface area contributed by atoms with E-state index in [1.165, 1.54) is 4.88 Å². The topological polar surface area (TPSA) is 72.4 Å². The number of nitrogens with two attached hydrogens (primary N) is 1. The van der Waals surface area contributed by atoms with Crippen LogP contribution in [0.15, 0.2) is 76.0 Å². The largest absolute Gasteiger partial charge is 0.370 e. The highest BCUT2D eigenvalue weighted by Gasteiger charge is 1.99. The third-order valence-electron chi connectivity index (χ3n) is 3.96. The first kappa shape index (κ1) is 21.2. The number of hydrogen-bond acceptors (Lipinski definition) is 3. The fraction of sp³-hybridized carbons (Fsp3) is 0.200. The van der Waals surface area contributed by atoms with Crippen LogP contribution in [0.2, 0.25) is 0 Å². The Kier molecular flexibility index (Phi) is 8.53. The lowest BCUT2D eigenvalue weighted by atomic mass is 10.1. The molecule has 0 atom stereocenters. The molecule has 3 N–H and O–H groups in total. The summed E-state index contributed by atoms with van der Waals surface area (Å²) in [6.07, 6.45) is 2.74. The second-order valence-corrected chi connectivity index (χ2v) is 6.97. The Morgan fingerprint density at radius 1 is 1.07 bits per heavy atom. The van der Waals surface area contributed by atoms with Gasteiger partial charge in [0.2, 0.25) is 0 Å². The summed E-state index contributed by atoms with van der Waals surface area (Å²) in [5.74, 6) is 0.460. The van der Waals surface area contributed by atoms with Crippen LogP contribution in [0.5, 0.6) is 0 Å². The lowest BCUT2D eigenvalue weighted by Gasteiger charge is -2.07. The van der Waals surface area contributed by atoms with Gasteiger partial charge in [-0.1, -0.05) is 36.4 Å². The van der Waals surface area contributed by atoms with Crippen LogP contribution in [0, 0.1) is 0 Å². The van der Waals surface area contributed by atoms with Crippen molar-refractivity contribution in [1.29, 1.82) is 0 Å². The number of nitrogens with one attached hydrogen (secondary N) is 1. The Hall–Kier alpha value is -2.13. The van der Waals surface area contributed by atoms with Gasteiger partial charge >= 0.3 is 0 Å². The summed E-state index contributed by atoms with van der Waals surface area (Å²) >= 11 is 1.75. The van der Waals surface area contributed by atoms with Crippen molar-refractivity contribution in [3.8, 4) is 0 Å². The standard InChI is InChI=1S/C20H22N4OS.HI/c21-20(22-11-10-18-4-3-13-26-18)23-14-16-6-8-17(9-7-16)15-24-12-2-1-5-19(24)25;/h1-9,12-13H,10-11,14-15H2,(H3,21,22,23);1H. The normalized spacial score (nSPS) is 11.0. The number of aliphatic imine (C=N–C) groups is 1. The van der Waals surface area contributed by atoms with Crippen molar-refractivity contribution in [3.05, 3.63) is 92.5 Å². The van der Waals surface area contributed by atoms with Crippen molar-refractivity contribution in [2.45, 2.75) is 19.5 Å². The summed E-state index contributed by atoms with van der Waals surface area (Å²) in [4.78, 5) is 17.5. The van der Waals surface area contributed by atoms with Gasteiger partial charge in [0.05, 0.1) is 13.1 Å². The fourth-order valence-electron chi connectivity index (χ4n) is 2.54. The van der Waals surface area contributed by atoms with Crippen LogP contribution in [0.3, 0.4) is 0 Å². The molecule has 0 bridgehead atoms. The van der Waals surface area contributed by atoms with Crippen molar-refractivity contribution in [2.24, 2.45) is 10.7 Å². The zero-order chi connectivity index (χ0) is 18.2. The molecule has 0 aliphatic heterocycles. The molecule has 0 saturated carbocycles. The van der Waals surface area contributed by atoms with Gasteiger partial charge in [0.15, 0.2) is 5.96 Å². The molecule has 0 aliphatic rings. The molecular formula is C20H23IN4OS. The minimum Gasteiger partial charge on any atom is -0.370 e. The number of rotatable bonds is 7. The van der Waals surface area contributed by atoms with E-state index in [-0.39, 0.29) is 29.5 Å². The Morgan fingerprint density at radius 3 is 2.56 bits per heavy atom. The first-order chi connectivity index (χ1) is 12.7. The van der Waals surface area contributed by atoms with Crippen molar-refractivity contribution in [2.75, 3.05) is 6.54 Å². The van der Waals surface area contributed by atoms with Crippen molar-refractivity contribution in [3.63, 3.8) is 0 Å². The van der Waals surface area contributed by atoms with Crippen LogP contribution in [-0.4, -0.2) is 17.1 Å². The van der Waals surface area contributed by atoms with E-state index in [0.717, 1.165) is 24.1 Å². The smallest absolute Gasteiger partial charge is 0.250 e. The molecule has 2 heterocycles. The van der Waals surface area contributed by atoms with Gasteiger partial charge in [0.25, 0.3) is 5.56 Å². The average Bonchev–Trinajstić information content (AvgIpc) is 3.16. The fourth-order valence-corrected chi connectivity index (χ4v) is 3.25. The van der Waals surface area contributed by atoms with Gasteiger partial charge in [0, 0.05) is 23.7 Å². The molecule has 0 fully saturated rings. The highest BCUT2D eigenvalue weighted by molar-refractivity contribution is 14.0. The monoisotopic (exact) mass is 494 g/mol. The number of thiophene rings is 1. The SMILES string of the molecule is I.NC(=NCc1ccc(Cn2ccccc2=O)cc1)NCCc1cccs1. The highest BCUT2D eigenvalue weighted by Crippen LogP contribution is 2.08. The van der Waals surface area contributed by atoms with E-state index in [1.807, 2.05) is 30.3 Å². The molecule has 0 saturated heterocycles. The quantitative estimate of drug-likeness (QED) is 0.301. The maximum absolute atomic E-state index is 11.8. The molecule has 0 aliphatic carbocycles. The summed E-state index contributed by atoms with van der Waals surface area (Å²) in [5.41, 5.74) is 8.07. The number of halogens is 1. The molecule has 0 spiro atoms. The van der Waals surface area contributed by atoms with E-state index >= 15 is 0 Å². The Balaban J connectivity index is 0.00000261. The number of guanidine groups is 1. The number of pyridine rings is 1. The van der Waals surface area contributed by atoms with E-state index in [2.05, 4.69) is 27.8 Å². The van der Waals surface area contributed by atoms with Crippen molar-refractivity contribution in [1.82, 2.24) is 9.88 Å². The molecule has 0 amide bonds. The van der Waals surface area contributed by atoms with Gasteiger partial charge in [-0.05, 0) is 35.1 Å². The predicted octanol–water partition coefficient (Wildman–Crippen LogP) is 3.22. The minimum absolute atomic E-state index is 0. The molecular weight excluding hydrogens is 471 g/mol. The number of benzene rings is 1. The summed E-state index contributed by atoms with van der Waals surface area (Å²) in [6.45, 7) is 1.87. The molecule has 0 radical (unpaired) electrons. The third-order valence-corrected chi connectivity index (χ3v) is 4.90. The second-order valence-electron chi connectivity index (χ2n) is 5.94. The average molecular weight is 494 g/mol.